The summed E-state index contributed by atoms with van der Waals surface area (Å²) in [7, 11) is 0. The monoisotopic (exact) mass is 576 g/mol. The van der Waals surface area contributed by atoms with Crippen molar-refractivity contribution in [3.63, 3.8) is 0 Å². The van der Waals surface area contributed by atoms with E-state index in [0.717, 1.165) is 12.3 Å². The lowest BCUT2D eigenvalue weighted by atomic mass is 10.0. The number of anilines is 3. The molecule has 13 heteroatoms. The fourth-order valence-electron chi connectivity index (χ4n) is 4.47. The van der Waals surface area contributed by atoms with Crippen molar-refractivity contribution < 1.29 is 18.3 Å². The Hall–Kier alpha value is -4.73. The van der Waals surface area contributed by atoms with Crippen LogP contribution in [0.3, 0.4) is 0 Å². The first-order chi connectivity index (χ1) is 19.7. The summed E-state index contributed by atoms with van der Waals surface area (Å²) in [5, 5.41) is 35.5. The summed E-state index contributed by atoms with van der Waals surface area (Å²) in [6.45, 7) is 0.300. The molecule has 0 saturated heterocycles. The molecule has 6 rings (SSSR count). The molecule has 41 heavy (non-hydrogen) atoms. The summed E-state index contributed by atoms with van der Waals surface area (Å²) in [5.41, 5.74) is 1.76. The second-order valence-electron chi connectivity index (χ2n) is 9.83. The zero-order chi connectivity index (χ0) is 28.7. The summed E-state index contributed by atoms with van der Waals surface area (Å²) in [6, 6.07) is 11.6. The summed E-state index contributed by atoms with van der Waals surface area (Å²) in [6.07, 6.45) is 5.50. The molecule has 2 aromatic carbocycles. The molecule has 0 aliphatic heterocycles. The van der Waals surface area contributed by atoms with E-state index in [1.165, 1.54) is 18.3 Å². The van der Waals surface area contributed by atoms with E-state index in [9.17, 15) is 23.5 Å². The number of hydrogen-bond donors (Lipinski definition) is 3. The Balaban J connectivity index is 1.41. The van der Waals surface area contributed by atoms with Gasteiger partial charge in [-0.05, 0) is 42.7 Å². The molecule has 3 aromatic heterocycles. The van der Waals surface area contributed by atoms with Crippen LogP contribution in [-0.4, -0.2) is 35.7 Å². The lowest BCUT2D eigenvalue weighted by Crippen LogP contribution is -2.17. The topological polar surface area (TPSA) is 125 Å². The maximum Gasteiger partial charge on any atom is 0.249 e. The lowest BCUT2D eigenvalue weighted by Gasteiger charge is -2.20. The average molecular weight is 577 g/mol. The van der Waals surface area contributed by atoms with Gasteiger partial charge in [-0.3, -0.25) is 4.98 Å². The van der Waals surface area contributed by atoms with Crippen molar-refractivity contribution in [2.45, 2.75) is 31.0 Å². The fraction of sp³-hybridized carbons (Fsp3) is 0.179. The van der Waals surface area contributed by atoms with Gasteiger partial charge >= 0.3 is 0 Å². The molecule has 5 aromatic rings. The van der Waals surface area contributed by atoms with Gasteiger partial charge in [-0.2, -0.15) is 9.65 Å². The van der Waals surface area contributed by atoms with E-state index >= 15 is 0 Å². The van der Waals surface area contributed by atoms with Gasteiger partial charge in [0.2, 0.25) is 5.95 Å². The first-order valence-corrected chi connectivity index (χ1v) is 12.8. The molecule has 1 aliphatic rings. The number of halogens is 4. The average Bonchev–Trinajstić information content (AvgIpc) is 3.50. The van der Waals surface area contributed by atoms with Crippen LogP contribution in [0.5, 0.6) is 0 Å². The second-order valence-corrected chi connectivity index (χ2v) is 10.2. The van der Waals surface area contributed by atoms with Gasteiger partial charge in [-0.25, -0.2) is 18.4 Å². The van der Waals surface area contributed by atoms with Gasteiger partial charge in [-0.15, -0.1) is 5.10 Å². The molecule has 1 unspecified atom stereocenters. The van der Waals surface area contributed by atoms with Crippen LogP contribution in [0.2, 0.25) is 5.02 Å². The number of nitrogens with one attached hydrogen (secondary N) is 2. The first kappa shape index (κ1) is 26.5. The highest BCUT2D eigenvalue weighted by Gasteiger charge is 2.41. The van der Waals surface area contributed by atoms with E-state index in [-0.39, 0.29) is 22.0 Å². The number of nitrogens with zero attached hydrogens (tertiary/aromatic N) is 6. The SMILES string of the molecule is N#Cc1cnc2c(Cl)cc(NC(c3ccc(F)cc3)c3cn(CC4(O)CC4)nn3)cc2c1Nc1cnc(F)c(F)c1. The number of hydrogen-bond acceptors (Lipinski definition) is 8. The summed E-state index contributed by atoms with van der Waals surface area (Å²) < 4.78 is 42.6. The quantitative estimate of drug-likeness (QED) is 0.203. The number of aromatic nitrogens is 5. The zero-order valence-corrected chi connectivity index (χ0v) is 21.9. The van der Waals surface area contributed by atoms with Crippen LogP contribution < -0.4 is 10.6 Å². The van der Waals surface area contributed by atoms with Gasteiger partial charge in [0.05, 0.1) is 58.1 Å². The number of aliphatic hydroxyl groups is 1. The van der Waals surface area contributed by atoms with E-state index in [2.05, 4.69) is 30.9 Å². The third-order valence-corrected chi connectivity index (χ3v) is 7.05. The smallest absolute Gasteiger partial charge is 0.249 e. The fourth-order valence-corrected chi connectivity index (χ4v) is 4.74. The summed E-state index contributed by atoms with van der Waals surface area (Å²) in [5.74, 6) is -2.81. The highest BCUT2D eigenvalue weighted by atomic mass is 35.5. The minimum absolute atomic E-state index is 0.112. The van der Waals surface area contributed by atoms with Gasteiger partial charge in [-0.1, -0.05) is 28.9 Å². The molecule has 1 atom stereocenters. The predicted molar refractivity (Wildman–Crippen MR) is 145 cm³/mol. The molecule has 206 valence electrons. The van der Waals surface area contributed by atoms with Crippen molar-refractivity contribution in [1.82, 2.24) is 25.0 Å². The van der Waals surface area contributed by atoms with Gasteiger partial charge in [0.25, 0.3) is 0 Å². The van der Waals surface area contributed by atoms with Crippen molar-refractivity contribution in [3.05, 3.63) is 100 Å². The Morgan fingerprint density at radius 1 is 1.07 bits per heavy atom. The maximum atomic E-state index is 13.9. The van der Waals surface area contributed by atoms with Gasteiger partial charge < -0.3 is 15.7 Å². The Labute approximate surface area is 236 Å². The molecule has 1 fully saturated rings. The molecule has 1 aliphatic carbocycles. The number of nitriles is 1. The van der Waals surface area contributed by atoms with Crippen LogP contribution in [-0.2, 0) is 6.54 Å². The summed E-state index contributed by atoms with van der Waals surface area (Å²) in [4.78, 5) is 7.70. The number of benzene rings is 2. The highest BCUT2D eigenvalue weighted by molar-refractivity contribution is 6.36. The van der Waals surface area contributed by atoms with E-state index in [0.29, 0.717) is 47.2 Å². The third-order valence-electron chi connectivity index (χ3n) is 6.76. The molecule has 3 N–H and O–H groups in total. The molecule has 9 nitrogen and oxygen atoms in total. The normalized spacial score (nSPS) is 14.4. The Morgan fingerprint density at radius 3 is 2.56 bits per heavy atom. The molecule has 0 bridgehead atoms. The van der Waals surface area contributed by atoms with Crippen LogP contribution in [0.4, 0.5) is 30.2 Å². The minimum Gasteiger partial charge on any atom is -0.388 e. The largest absolute Gasteiger partial charge is 0.388 e. The predicted octanol–water partition coefficient (Wildman–Crippen LogP) is 5.63. The molecule has 1 saturated carbocycles. The van der Waals surface area contributed by atoms with Crippen LogP contribution in [0.1, 0.15) is 35.7 Å². The van der Waals surface area contributed by atoms with Crippen LogP contribution in [0.15, 0.2) is 61.1 Å². The minimum atomic E-state index is -1.25. The Bertz CT molecular complexity index is 1820. The van der Waals surface area contributed by atoms with E-state index in [1.54, 1.807) is 35.1 Å². The van der Waals surface area contributed by atoms with Gasteiger partial charge in [0.15, 0.2) is 5.82 Å². The molecule has 0 amide bonds. The van der Waals surface area contributed by atoms with Crippen LogP contribution in [0, 0.1) is 28.9 Å². The van der Waals surface area contributed by atoms with Gasteiger partial charge in [0, 0.05) is 23.3 Å². The zero-order valence-electron chi connectivity index (χ0n) is 21.1. The maximum absolute atomic E-state index is 13.9. The second kappa shape index (κ2) is 10.3. The van der Waals surface area contributed by atoms with Crippen molar-refractivity contribution >= 4 is 39.6 Å². The van der Waals surface area contributed by atoms with Crippen molar-refractivity contribution in [1.29, 1.82) is 5.26 Å². The Morgan fingerprint density at radius 2 is 1.85 bits per heavy atom. The van der Waals surface area contributed by atoms with Crippen molar-refractivity contribution in [2.75, 3.05) is 10.6 Å². The lowest BCUT2D eigenvalue weighted by molar-refractivity contribution is 0.124. The van der Waals surface area contributed by atoms with E-state index in [1.807, 2.05) is 6.07 Å². The molecule has 3 heterocycles. The molecular weight excluding hydrogens is 557 g/mol. The van der Waals surface area contributed by atoms with E-state index in [4.69, 9.17) is 11.6 Å². The number of pyridine rings is 2. The van der Waals surface area contributed by atoms with Crippen molar-refractivity contribution in [2.24, 2.45) is 0 Å². The Kier molecular flexibility index (Phi) is 6.69. The molecular formula is C28H20ClF3N8O. The third kappa shape index (κ3) is 5.50. The van der Waals surface area contributed by atoms with E-state index < -0.39 is 29.2 Å². The molecule has 0 spiro atoms. The standard InChI is InChI=1S/C28H20ClF3N8O/c29-21-8-18(7-20-24(16(10-33)11-34-26(20)21)37-19-9-22(31)27(32)35-12-19)36-25(15-1-3-17(30)4-2-15)23-13-40(39-38-23)14-28(41)5-6-28/h1-4,7-9,11-13,25,36,41H,5-6,14H2,(H,34,37). The van der Waals surface area contributed by atoms with Crippen LogP contribution in [0.25, 0.3) is 10.9 Å². The summed E-state index contributed by atoms with van der Waals surface area (Å²) >= 11 is 6.61. The number of rotatable bonds is 8. The van der Waals surface area contributed by atoms with Crippen LogP contribution >= 0.6 is 11.6 Å². The first-order valence-electron chi connectivity index (χ1n) is 12.5. The number of fused-ring (bicyclic) bond motifs is 1. The van der Waals surface area contributed by atoms with Crippen molar-refractivity contribution in [3.8, 4) is 6.07 Å². The van der Waals surface area contributed by atoms with Gasteiger partial charge in [0.1, 0.15) is 17.6 Å². The highest BCUT2D eigenvalue weighted by Crippen LogP contribution is 2.38. The molecule has 0 radical (unpaired) electrons.